The molecule has 0 heterocycles. The summed E-state index contributed by atoms with van der Waals surface area (Å²) in [6, 6.07) is -0.00352. The Bertz CT molecular complexity index is 107. The quantitative estimate of drug-likeness (QED) is 0.655. The maximum Gasteiger partial charge on any atom is 0.0643 e. The van der Waals surface area contributed by atoms with Gasteiger partial charge in [0.05, 0.1) is 25.4 Å². The van der Waals surface area contributed by atoms with Gasteiger partial charge in [-0.25, -0.2) is 0 Å². The third kappa shape index (κ3) is 5.52. The fourth-order valence-electron chi connectivity index (χ4n) is 0.730. The molecule has 3 nitrogen and oxygen atoms in total. The zero-order chi connectivity index (χ0) is 9.56. The lowest BCUT2D eigenvalue weighted by molar-refractivity contribution is 0.0151. The third-order valence-electron chi connectivity index (χ3n) is 1.89. The van der Waals surface area contributed by atoms with Crippen molar-refractivity contribution in [3.05, 3.63) is 0 Å². The van der Waals surface area contributed by atoms with Crippen LogP contribution in [-0.2, 0) is 9.47 Å². The van der Waals surface area contributed by atoms with Crippen LogP contribution in [0, 0.1) is 5.92 Å². The third-order valence-corrected chi connectivity index (χ3v) is 1.89. The Kier molecular flexibility index (Phi) is 6.34. The first-order valence-corrected chi connectivity index (χ1v) is 4.44. The van der Waals surface area contributed by atoms with E-state index < -0.39 is 0 Å². The Hall–Kier alpha value is -0.120. The monoisotopic (exact) mass is 175 g/mol. The molecule has 0 radical (unpaired) electrons. The number of hydrogen-bond acceptors (Lipinski definition) is 3. The normalized spacial score (nSPS) is 16.5. The highest BCUT2D eigenvalue weighted by Crippen LogP contribution is 2.04. The molecule has 3 heteroatoms. The first kappa shape index (κ1) is 11.9. The van der Waals surface area contributed by atoms with Crippen LogP contribution in [-0.4, -0.2) is 32.5 Å². The number of methoxy groups -OCH3 is 1. The van der Waals surface area contributed by atoms with Crippen molar-refractivity contribution in [3.8, 4) is 0 Å². The summed E-state index contributed by atoms with van der Waals surface area (Å²) in [6.45, 7) is 7.46. The van der Waals surface area contributed by atoms with Crippen LogP contribution in [0.3, 0.4) is 0 Å². The lowest BCUT2D eigenvalue weighted by atomic mass is 10.1. The van der Waals surface area contributed by atoms with Crippen LogP contribution in [0.4, 0.5) is 0 Å². The van der Waals surface area contributed by atoms with Gasteiger partial charge in [-0.15, -0.1) is 0 Å². The molecule has 0 aromatic carbocycles. The summed E-state index contributed by atoms with van der Waals surface area (Å²) in [4.78, 5) is 0. The van der Waals surface area contributed by atoms with E-state index in [1.165, 1.54) is 0 Å². The fraction of sp³-hybridized carbons (Fsp3) is 1.00. The van der Waals surface area contributed by atoms with E-state index in [0.717, 1.165) is 0 Å². The summed E-state index contributed by atoms with van der Waals surface area (Å²) >= 11 is 0. The van der Waals surface area contributed by atoms with E-state index in [1.807, 2.05) is 0 Å². The van der Waals surface area contributed by atoms with Crippen LogP contribution in [0.1, 0.15) is 20.8 Å². The molecule has 0 fully saturated rings. The van der Waals surface area contributed by atoms with Gasteiger partial charge in [0.15, 0.2) is 0 Å². The van der Waals surface area contributed by atoms with Crippen molar-refractivity contribution in [1.29, 1.82) is 0 Å². The molecular weight excluding hydrogens is 154 g/mol. The Morgan fingerprint density at radius 1 is 1.17 bits per heavy atom. The average Bonchev–Trinajstić information content (AvgIpc) is 2.00. The Labute approximate surface area is 75.2 Å². The van der Waals surface area contributed by atoms with Crippen molar-refractivity contribution in [2.24, 2.45) is 11.7 Å². The zero-order valence-electron chi connectivity index (χ0n) is 8.54. The molecule has 74 valence electrons. The van der Waals surface area contributed by atoms with Gasteiger partial charge < -0.3 is 15.2 Å². The highest BCUT2D eigenvalue weighted by Gasteiger charge is 2.09. The van der Waals surface area contributed by atoms with E-state index >= 15 is 0 Å². The van der Waals surface area contributed by atoms with E-state index in [-0.39, 0.29) is 12.1 Å². The van der Waals surface area contributed by atoms with Gasteiger partial charge >= 0.3 is 0 Å². The number of ether oxygens (including phenoxy) is 2. The van der Waals surface area contributed by atoms with E-state index in [9.17, 15) is 0 Å². The molecule has 0 aromatic rings. The molecule has 12 heavy (non-hydrogen) atoms. The van der Waals surface area contributed by atoms with Crippen LogP contribution in [0.2, 0.25) is 0 Å². The Balaban J connectivity index is 3.40. The van der Waals surface area contributed by atoms with Gasteiger partial charge in [0.2, 0.25) is 0 Å². The predicted octanol–water partition coefficient (Wildman–Crippen LogP) is 1.02. The van der Waals surface area contributed by atoms with Gasteiger partial charge in [0, 0.05) is 7.11 Å². The lowest BCUT2D eigenvalue weighted by Gasteiger charge is -2.19. The first-order chi connectivity index (χ1) is 5.57. The average molecular weight is 175 g/mol. The van der Waals surface area contributed by atoms with E-state index in [4.69, 9.17) is 15.2 Å². The number of nitrogens with two attached hydrogens (primary N) is 1. The molecule has 0 aliphatic carbocycles. The molecule has 0 aliphatic heterocycles. The molecular formula is C9H21NO2. The highest BCUT2D eigenvalue weighted by molar-refractivity contribution is 4.61. The van der Waals surface area contributed by atoms with Crippen molar-refractivity contribution < 1.29 is 9.47 Å². The van der Waals surface area contributed by atoms with Crippen molar-refractivity contribution in [1.82, 2.24) is 0 Å². The summed E-state index contributed by atoms with van der Waals surface area (Å²) in [7, 11) is 1.64. The van der Waals surface area contributed by atoms with Gasteiger partial charge in [-0.2, -0.15) is 0 Å². The van der Waals surface area contributed by atoms with Gasteiger partial charge in [-0.3, -0.25) is 0 Å². The van der Waals surface area contributed by atoms with Crippen LogP contribution in [0.15, 0.2) is 0 Å². The standard InChI is InChI=1S/C9H21NO2/c1-7(2)8(3)12-6-9(10)5-11-4/h7-9H,5-6,10H2,1-4H3. The summed E-state index contributed by atoms with van der Waals surface area (Å²) in [6.07, 6.45) is 0.271. The summed E-state index contributed by atoms with van der Waals surface area (Å²) < 4.78 is 10.4. The van der Waals surface area contributed by atoms with Crippen molar-refractivity contribution in [2.75, 3.05) is 20.3 Å². The number of hydrogen-bond donors (Lipinski definition) is 1. The van der Waals surface area contributed by atoms with Crippen LogP contribution < -0.4 is 5.73 Å². The van der Waals surface area contributed by atoms with Gasteiger partial charge in [0.1, 0.15) is 0 Å². The zero-order valence-corrected chi connectivity index (χ0v) is 8.54. The summed E-state index contributed by atoms with van der Waals surface area (Å²) in [5.74, 6) is 0.541. The second kappa shape index (κ2) is 6.40. The fourth-order valence-corrected chi connectivity index (χ4v) is 0.730. The minimum Gasteiger partial charge on any atom is -0.383 e. The summed E-state index contributed by atoms with van der Waals surface area (Å²) in [5, 5.41) is 0. The maximum atomic E-state index is 5.68. The molecule has 0 amide bonds. The Morgan fingerprint density at radius 2 is 1.75 bits per heavy atom. The molecule has 0 aliphatic rings. The minimum absolute atomic E-state index is 0.00352. The molecule has 0 bridgehead atoms. The van der Waals surface area contributed by atoms with E-state index in [0.29, 0.717) is 19.1 Å². The molecule has 0 saturated carbocycles. The SMILES string of the molecule is COCC(N)COC(C)C(C)C. The topological polar surface area (TPSA) is 44.5 Å². The van der Waals surface area contributed by atoms with Crippen molar-refractivity contribution >= 4 is 0 Å². The molecule has 2 atom stereocenters. The molecule has 0 aromatic heterocycles. The van der Waals surface area contributed by atoms with Gasteiger partial charge in [0.25, 0.3) is 0 Å². The summed E-state index contributed by atoms with van der Waals surface area (Å²) in [5.41, 5.74) is 5.68. The molecule has 0 rings (SSSR count). The van der Waals surface area contributed by atoms with Gasteiger partial charge in [-0.1, -0.05) is 13.8 Å². The van der Waals surface area contributed by atoms with E-state index in [2.05, 4.69) is 20.8 Å². The van der Waals surface area contributed by atoms with Crippen LogP contribution in [0.25, 0.3) is 0 Å². The molecule has 2 unspecified atom stereocenters. The Morgan fingerprint density at radius 3 is 2.17 bits per heavy atom. The first-order valence-electron chi connectivity index (χ1n) is 4.44. The second-order valence-electron chi connectivity index (χ2n) is 3.50. The minimum atomic E-state index is -0.00352. The molecule has 2 N–H and O–H groups in total. The smallest absolute Gasteiger partial charge is 0.0643 e. The van der Waals surface area contributed by atoms with Gasteiger partial charge in [-0.05, 0) is 12.8 Å². The van der Waals surface area contributed by atoms with Crippen molar-refractivity contribution in [3.63, 3.8) is 0 Å². The largest absolute Gasteiger partial charge is 0.383 e. The molecule has 0 saturated heterocycles. The lowest BCUT2D eigenvalue weighted by Crippen LogP contribution is -2.33. The maximum absolute atomic E-state index is 5.68. The second-order valence-corrected chi connectivity index (χ2v) is 3.50. The van der Waals surface area contributed by atoms with Crippen molar-refractivity contribution in [2.45, 2.75) is 32.9 Å². The highest BCUT2D eigenvalue weighted by atomic mass is 16.5. The molecule has 0 spiro atoms. The number of rotatable bonds is 6. The predicted molar refractivity (Wildman–Crippen MR) is 50.1 cm³/mol. The van der Waals surface area contributed by atoms with E-state index in [1.54, 1.807) is 7.11 Å². The van der Waals surface area contributed by atoms with Crippen LogP contribution >= 0.6 is 0 Å². The van der Waals surface area contributed by atoms with Crippen LogP contribution in [0.5, 0.6) is 0 Å².